The molecule has 1 aromatic carbocycles. The molecule has 2 aromatic rings. The summed E-state index contributed by atoms with van der Waals surface area (Å²) >= 11 is 0. The van der Waals surface area contributed by atoms with Crippen LogP contribution in [0.3, 0.4) is 0 Å². The highest BCUT2D eigenvalue weighted by Gasteiger charge is 2.28. The highest BCUT2D eigenvalue weighted by molar-refractivity contribution is 5.96. The second-order valence-corrected chi connectivity index (χ2v) is 8.48. The summed E-state index contributed by atoms with van der Waals surface area (Å²) in [5.74, 6) is -0.211. The normalized spacial score (nSPS) is 16.6. The number of nitrogens with one attached hydrogen (secondary N) is 1. The number of aromatic nitrogens is 2. The third kappa shape index (κ3) is 6.11. The van der Waals surface area contributed by atoms with Crippen molar-refractivity contribution in [2.24, 2.45) is 0 Å². The molecule has 0 bridgehead atoms. The zero-order valence-corrected chi connectivity index (χ0v) is 19.6. The Hall–Kier alpha value is -2.91. The molecule has 1 amide bonds. The zero-order chi connectivity index (χ0) is 23.8. The first kappa shape index (κ1) is 24.7. The third-order valence-corrected chi connectivity index (χ3v) is 6.26. The van der Waals surface area contributed by atoms with Crippen molar-refractivity contribution in [3.05, 3.63) is 56.7 Å². The van der Waals surface area contributed by atoms with Crippen LogP contribution in [-0.4, -0.2) is 59.8 Å². The highest BCUT2D eigenvalue weighted by atomic mass is 16.5. The molecule has 3 rings (SSSR count). The molecule has 0 spiro atoms. The van der Waals surface area contributed by atoms with Gasteiger partial charge in [-0.1, -0.05) is 43.7 Å². The average Bonchev–Trinajstić information content (AvgIpc) is 2.81. The molecule has 33 heavy (non-hydrogen) atoms. The van der Waals surface area contributed by atoms with E-state index in [1.165, 1.54) is 9.47 Å². The van der Waals surface area contributed by atoms with Gasteiger partial charge in [-0.2, -0.15) is 0 Å². The van der Waals surface area contributed by atoms with Gasteiger partial charge in [0, 0.05) is 26.3 Å². The highest BCUT2D eigenvalue weighted by Crippen LogP contribution is 2.22. The van der Waals surface area contributed by atoms with E-state index in [4.69, 9.17) is 10.5 Å². The van der Waals surface area contributed by atoms with E-state index >= 15 is 0 Å². The SMILES string of the molecule is CCC1CCCCN1CC(=O)N(CCCOC)c1c(N)n(Cc2ccccc2)c(=O)[nH]c1=O. The quantitative estimate of drug-likeness (QED) is 0.526. The van der Waals surface area contributed by atoms with Crippen molar-refractivity contribution in [2.75, 3.05) is 44.0 Å². The number of carbonyl (C=O) groups excluding carboxylic acids is 1. The van der Waals surface area contributed by atoms with Crippen LogP contribution in [0.4, 0.5) is 11.5 Å². The molecule has 1 aromatic heterocycles. The summed E-state index contributed by atoms with van der Waals surface area (Å²) in [4.78, 5) is 44.9. The summed E-state index contributed by atoms with van der Waals surface area (Å²) in [7, 11) is 1.59. The molecule has 1 unspecified atom stereocenters. The summed E-state index contributed by atoms with van der Waals surface area (Å²) in [5, 5.41) is 0. The van der Waals surface area contributed by atoms with Gasteiger partial charge in [-0.25, -0.2) is 4.79 Å². The van der Waals surface area contributed by atoms with Crippen LogP contribution in [0.2, 0.25) is 0 Å². The third-order valence-electron chi connectivity index (χ3n) is 6.26. The lowest BCUT2D eigenvalue weighted by atomic mass is 10.00. The van der Waals surface area contributed by atoms with E-state index in [1.54, 1.807) is 7.11 Å². The second-order valence-electron chi connectivity index (χ2n) is 8.48. The van der Waals surface area contributed by atoms with Crippen molar-refractivity contribution in [3.8, 4) is 0 Å². The number of nitrogens with two attached hydrogens (primary N) is 1. The zero-order valence-electron chi connectivity index (χ0n) is 19.6. The molecule has 1 aliphatic rings. The van der Waals surface area contributed by atoms with Crippen LogP contribution in [-0.2, 0) is 16.1 Å². The summed E-state index contributed by atoms with van der Waals surface area (Å²) in [6.07, 6.45) is 4.80. The Morgan fingerprint density at radius 1 is 1.24 bits per heavy atom. The number of ether oxygens (including phenoxy) is 1. The van der Waals surface area contributed by atoms with Crippen LogP contribution >= 0.6 is 0 Å². The Labute approximate surface area is 194 Å². The topological polar surface area (TPSA) is 114 Å². The molecule has 9 nitrogen and oxygen atoms in total. The maximum Gasteiger partial charge on any atom is 0.330 e. The molecular weight excluding hydrogens is 422 g/mol. The number of piperidine rings is 1. The number of rotatable bonds is 10. The van der Waals surface area contributed by atoms with Gasteiger partial charge in [0.05, 0.1) is 13.1 Å². The van der Waals surface area contributed by atoms with Gasteiger partial charge in [-0.3, -0.25) is 24.0 Å². The maximum absolute atomic E-state index is 13.5. The first-order valence-electron chi connectivity index (χ1n) is 11.7. The first-order chi connectivity index (χ1) is 16.0. The number of likely N-dealkylation sites (tertiary alicyclic amines) is 1. The Morgan fingerprint density at radius 3 is 2.70 bits per heavy atom. The van der Waals surface area contributed by atoms with Gasteiger partial charge in [0.15, 0.2) is 5.69 Å². The van der Waals surface area contributed by atoms with Gasteiger partial charge in [0.25, 0.3) is 5.56 Å². The molecule has 3 N–H and O–H groups in total. The minimum absolute atomic E-state index is 0.0101. The van der Waals surface area contributed by atoms with Crippen LogP contribution in [0, 0.1) is 0 Å². The van der Waals surface area contributed by atoms with E-state index in [9.17, 15) is 14.4 Å². The molecule has 1 atom stereocenters. The van der Waals surface area contributed by atoms with Crippen molar-refractivity contribution in [1.29, 1.82) is 0 Å². The molecule has 1 aliphatic heterocycles. The van der Waals surface area contributed by atoms with Crippen molar-refractivity contribution < 1.29 is 9.53 Å². The Balaban J connectivity index is 1.95. The van der Waals surface area contributed by atoms with Crippen LogP contribution in [0.15, 0.2) is 39.9 Å². The number of aromatic amines is 1. The number of nitrogens with zero attached hydrogens (tertiary/aromatic N) is 3. The molecule has 0 radical (unpaired) electrons. The maximum atomic E-state index is 13.5. The number of anilines is 2. The minimum Gasteiger partial charge on any atom is -0.385 e. The molecule has 9 heteroatoms. The second kappa shape index (κ2) is 11.8. The molecule has 1 saturated heterocycles. The number of amides is 1. The fourth-order valence-electron chi connectivity index (χ4n) is 4.48. The average molecular weight is 458 g/mol. The largest absolute Gasteiger partial charge is 0.385 e. The van der Waals surface area contributed by atoms with Gasteiger partial charge in [-0.05, 0) is 37.8 Å². The van der Waals surface area contributed by atoms with Crippen molar-refractivity contribution in [1.82, 2.24) is 14.5 Å². The van der Waals surface area contributed by atoms with E-state index in [2.05, 4.69) is 16.8 Å². The summed E-state index contributed by atoms with van der Waals surface area (Å²) in [6.45, 7) is 4.10. The van der Waals surface area contributed by atoms with E-state index in [1.807, 2.05) is 30.3 Å². The van der Waals surface area contributed by atoms with Crippen LogP contribution in [0.1, 0.15) is 44.6 Å². The standard InChI is InChI=1S/C24H35N5O4/c1-3-19-12-7-8-13-27(19)17-20(30)28(14-9-15-33-2)21-22(25)29(24(32)26-23(21)31)16-18-10-5-4-6-11-18/h4-6,10-11,19H,3,7-9,12-17,25H2,1-2H3,(H,26,31,32). The predicted octanol–water partition coefficient (Wildman–Crippen LogP) is 1.80. The van der Waals surface area contributed by atoms with Crippen LogP contribution in [0.5, 0.6) is 0 Å². The summed E-state index contributed by atoms with van der Waals surface area (Å²) < 4.78 is 6.46. The summed E-state index contributed by atoms with van der Waals surface area (Å²) in [5.41, 5.74) is 6.00. The predicted molar refractivity (Wildman–Crippen MR) is 130 cm³/mol. The number of hydrogen-bond acceptors (Lipinski definition) is 6. The van der Waals surface area contributed by atoms with Gasteiger partial charge >= 0.3 is 5.69 Å². The molecule has 0 saturated carbocycles. The Kier molecular flexibility index (Phi) is 8.85. The monoisotopic (exact) mass is 457 g/mol. The number of H-pyrrole nitrogens is 1. The van der Waals surface area contributed by atoms with E-state index in [-0.39, 0.29) is 37.0 Å². The van der Waals surface area contributed by atoms with Crippen molar-refractivity contribution in [2.45, 2.75) is 51.6 Å². The van der Waals surface area contributed by atoms with E-state index in [0.29, 0.717) is 19.1 Å². The Bertz CT molecular complexity index is 1030. The lowest BCUT2D eigenvalue weighted by Crippen LogP contribution is -2.49. The number of hydrogen-bond donors (Lipinski definition) is 2. The fraction of sp³-hybridized carbons (Fsp3) is 0.542. The summed E-state index contributed by atoms with van der Waals surface area (Å²) in [6, 6.07) is 9.72. The molecule has 0 aliphatic carbocycles. The number of carbonyl (C=O) groups is 1. The first-order valence-corrected chi connectivity index (χ1v) is 11.7. The van der Waals surface area contributed by atoms with E-state index in [0.717, 1.165) is 37.8 Å². The lowest BCUT2D eigenvalue weighted by Gasteiger charge is -2.36. The number of methoxy groups -OCH3 is 1. The smallest absolute Gasteiger partial charge is 0.330 e. The molecule has 180 valence electrons. The molecule has 1 fully saturated rings. The minimum atomic E-state index is -0.654. The number of nitrogen functional groups attached to an aromatic ring is 1. The number of benzene rings is 1. The Morgan fingerprint density at radius 2 is 2.00 bits per heavy atom. The lowest BCUT2D eigenvalue weighted by molar-refractivity contribution is -0.120. The molecular formula is C24H35N5O4. The van der Waals surface area contributed by atoms with Crippen molar-refractivity contribution >= 4 is 17.4 Å². The van der Waals surface area contributed by atoms with Crippen LogP contribution < -0.4 is 21.9 Å². The van der Waals surface area contributed by atoms with Gasteiger partial charge < -0.3 is 15.4 Å². The van der Waals surface area contributed by atoms with Gasteiger partial charge in [-0.15, -0.1) is 0 Å². The van der Waals surface area contributed by atoms with E-state index < -0.39 is 11.2 Å². The molecule has 2 heterocycles. The van der Waals surface area contributed by atoms with Crippen molar-refractivity contribution in [3.63, 3.8) is 0 Å². The fourth-order valence-corrected chi connectivity index (χ4v) is 4.48. The van der Waals surface area contributed by atoms with Crippen LogP contribution in [0.25, 0.3) is 0 Å². The van der Waals surface area contributed by atoms with Gasteiger partial charge in [0.1, 0.15) is 5.82 Å². The van der Waals surface area contributed by atoms with Gasteiger partial charge in [0.2, 0.25) is 5.91 Å².